The molecule has 0 atom stereocenters. The molecule has 0 amide bonds. The largest absolute Gasteiger partial charge is 1.00 e. The van der Waals surface area contributed by atoms with Crippen LogP contribution in [0.1, 0.15) is 97.5 Å². The van der Waals surface area contributed by atoms with Gasteiger partial charge in [-0.15, -0.1) is 57.2 Å². The molecule has 1 aliphatic rings. The average Bonchev–Trinajstić information content (AvgIpc) is 4.04. The van der Waals surface area contributed by atoms with Gasteiger partial charge in [-0.1, -0.05) is 73.6 Å². The molecule has 1 saturated heterocycles. The molecule has 13 N–H and O–H groups in total. The summed E-state index contributed by atoms with van der Waals surface area (Å²) in [6.45, 7) is 3.04. The Morgan fingerprint density at radius 1 is 0.607 bits per heavy atom. The van der Waals surface area contributed by atoms with Crippen LogP contribution in [0, 0.1) is 10.8 Å². The molecule has 4 aromatic rings. The number of hydrogen-bond acceptors (Lipinski definition) is 13. The molecule has 505 valence electrons. The molecule has 3 radical (unpaired) electrons. The number of nitrogens with one attached hydrogen (secondary N) is 2. The minimum absolute atomic E-state index is 0. The number of rotatable bonds is 10. The number of alkyl halides is 16. The molecule has 0 saturated carbocycles. The van der Waals surface area contributed by atoms with Crippen LogP contribution in [0.3, 0.4) is 0 Å². The zero-order chi connectivity index (χ0) is 66.9. The first-order valence-electron chi connectivity index (χ1n) is 22.6. The van der Waals surface area contributed by atoms with E-state index >= 15 is 0 Å². The van der Waals surface area contributed by atoms with Crippen molar-refractivity contribution in [3.05, 3.63) is 140 Å². The first kappa shape index (κ1) is 105. The van der Waals surface area contributed by atoms with Gasteiger partial charge in [0.15, 0.2) is 15.4 Å². The van der Waals surface area contributed by atoms with Gasteiger partial charge in [-0.25, -0.2) is 9.59 Å². The Hall–Kier alpha value is -0.350. The smallest absolute Gasteiger partial charge is 1.00 e. The third kappa shape index (κ3) is 52.5. The van der Waals surface area contributed by atoms with E-state index in [0.29, 0.717) is 50.8 Å². The van der Waals surface area contributed by atoms with Crippen molar-refractivity contribution in [1.29, 1.82) is 10.8 Å². The summed E-state index contributed by atoms with van der Waals surface area (Å²) in [5.74, 6) is -1.47. The third-order valence-corrected chi connectivity index (χ3v) is 11.7. The fourth-order valence-electron chi connectivity index (χ4n) is 5.35. The van der Waals surface area contributed by atoms with Gasteiger partial charge >= 0.3 is 55.5 Å². The Morgan fingerprint density at radius 3 is 1.18 bits per heavy atom. The Morgan fingerprint density at radius 2 is 0.888 bits per heavy atom. The molecule has 0 aromatic heterocycles. The summed E-state index contributed by atoms with van der Waals surface area (Å²) in [7, 11) is 2.06. The van der Waals surface area contributed by atoms with E-state index in [-0.39, 0.29) is 127 Å². The first-order valence-corrected chi connectivity index (χ1v) is 35.7. The summed E-state index contributed by atoms with van der Waals surface area (Å²) in [6.07, 6.45) is -15.2. The van der Waals surface area contributed by atoms with E-state index < -0.39 is 71.1 Å². The Kier molecular flexibility index (Phi) is 68.1. The molecular weight excluding hydrogens is 1810 g/mol. The minimum atomic E-state index is -4.61. The van der Waals surface area contributed by atoms with Gasteiger partial charge in [-0.2, -0.15) is 52.7 Å². The van der Waals surface area contributed by atoms with E-state index in [4.69, 9.17) is 65.5 Å². The van der Waals surface area contributed by atoms with E-state index in [1.807, 2.05) is 0 Å². The van der Waals surface area contributed by atoms with Crippen LogP contribution in [-0.2, 0) is 74.3 Å². The second-order valence-corrected chi connectivity index (χ2v) is 34.7. The van der Waals surface area contributed by atoms with Crippen molar-refractivity contribution in [1.82, 2.24) is 0 Å². The SMILES string of the molecule is Br.Br.BrP(Br)Br.C1CCOC1.CCO.COC(=O)c1ccc(C(F)(F)F)cc1C(=O)OC.ClCCl.FC(F)(F)c1ccc(CBr)c(CBr)c1.N=C(N)SCc1ccc(C(F)(F)F)cc1CSC(=N)N.NC(N)=S.OCc1ccc(C(F)(F)F)cc1CO.[Al].[H-].[Li+]. The van der Waals surface area contributed by atoms with Crippen LogP contribution < -0.4 is 41.8 Å². The van der Waals surface area contributed by atoms with Crippen LogP contribution in [-0.4, -0.2) is 99.4 Å². The van der Waals surface area contributed by atoms with Crippen LogP contribution >= 0.6 is 175 Å². The summed E-state index contributed by atoms with van der Waals surface area (Å²) in [5, 5.41) is 40.3. The van der Waals surface area contributed by atoms with Crippen LogP contribution in [0.2, 0.25) is 0 Å². The van der Waals surface area contributed by atoms with Crippen molar-refractivity contribution < 1.29 is 112 Å². The summed E-state index contributed by atoms with van der Waals surface area (Å²) >= 11 is 31.5. The second kappa shape index (κ2) is 57.9. The normalized spacial score (nSPS) is 10.9. The van der Waals surface area contributed by atoms with Crippen molar-refractivity contribution in [2.24, 2.45) is 22.9 Å². The van der Waals surface area contributed by atoms with Crippen LogP contribution in [0.15, 0.2) is 72.8 Å². The fraction of sp³-hybridized carbons (Fsp3) is 0.396. The number of methoxy groups -OCH3 is 2. The molecule has 5 rings (SSSR count). The molecule has 0 aliphatic carbocycles. The summed E-state index contributed by atoms with van der Waals surface area (Å²) in [6, 6.07) is 12.2. The maximum absolute atomic E-state index is 12.7. The quantitative estimate of drug-likeness (QED) is 0.0104. The summed E-state index contributed by atoms with van der Waals surface area (Å²) < 4.78 is 162. The number of halogens is 21. The molecule has 14 nitrogen and oxygen atoms in total. The minimum Gasteiger partial charge on any atom is -1.00 e. The Bertz CT molecular complexity index is 2560. The predicted octanol–water partition coefficient (Wildman–Crippen LogP) is 14.1. The summed E-state index contributed by atoms with van der Waals surface area (Å²) in [4.78, 5) is 22.6. The van der Waals surface area contributed by atoms with Gasteiger partial charge in [0.25, 0.3) is 0 Å². The molecule has 1 fully saturated rings. The summed E-state index contributed by atoms with van der Waals surface area (Å²) in [5.41, 5.74) is 18.7. The maximum Gasteiger partial charge on any atom is 1.00 e. The molecule has 0 unspecified atom stereocenters. The molecule has 0 bridgehead atoms. The number of benzene rings is 4. The van der Waals surface area contributed by atoms with Gasteiger partial charge in [0.2, 0.25) is 0 Å². The number of aliphatic hydroxyl groups is 3. The molecule has 1 heterocycles. The number of nitrogens with two attached hydrogens (primary N) is 4. The maximum atomic E-state index is 12.7. The van der Waals surface area contributed by atoms with Crippen molar-refractivity contribution in [3.63, 3.8) is 0 Å². The molecule has 89 heavy (non-hydrogen) atoms. The third-order valence-electron chi connectivity index (χ3n) is 8.98. The van der Waals surface area contributed by atoms with Crippen molar-refractivity contribution in [2.45, 2.75) is 79.9 Å². The number of thioether (sulfide) groups is 2. The number of esters is 2. The van der Waals surface area contributed by atoms with Gasteiger partial charge in [0.05, 0.1) is 66.2 Å². The van der Waals surface area contributed by atoms with Crippen molar-refractivity contribution >= 4 is 220 Å². The predicted molar refractivity (Wildman–Crippen MR) is 364 cm³/mol. The first-order chi connectivity index (χ1) is 39.3. The molecule has 4 aromatic carbocycles. The van der Waals surface area contributed by atoms with Crippen LogP contribution in [0.5, 0.6) is 0 Å². The van der Waals surface area contributed by atoms with Crippen LogP contribution in [0.4, 0.5) is 52.7 Å². The number of thiocarbonyl (C=S) groups is 1. The van der Waals surface area contributed by atoms with Crippen LogP contribution in [0.25, 0.3) is 0 Å². The number of carbonyl (C=O) groups is 2. The molecule has 41 heteroatoms. The average molecular weight is 1870 g/mol. The zero-order valence-electron chi connectivity index (χ0n) is 47.9. The molecular formula is C48H61AlBr7Cl2F12LiN6O8PS3. The molecule has 1 aliphatic heterocycles. The van der Waals surface area contributed by atoms with E-state index in [0.717, 1.165) is 99.0 Å². The van der Waals surface area contributed by atoms with E-state index in [9.17, 15) is 62.3 Å². The number of aliphatic hydroxyl groups excluding tert-OH is 3. The van der Waals surface area contributed by atoms with Crippen molar-refractivity contribution in [2.75, 3.05) is 39.4 Å². The van der Waals surface area contributed by atoms with Gasteiger partial charge < -0.3 is 53.9 Å². The monoisotopic (exact) mass is 1860 g/mol. The number of amidine groups is 2. The fourth-order valence-corrected chi connectivity index (χ4v) is 7.59. The van der Waals surface area contributed by atoms with Gasteiger partial charge in [0.1, 0.15) is 4.03 Å². The second-order valence-electron chi connectivity index (χ2n) is 14.9. The Balaban J connectivity index is -0.000000125. The van der Waals surface area contributed by atoms with Crippen molar-refractivity contribution in [3.8, 4) is 0 Å². The number of hydrogen-bond donors (Lipinski definition) is 9. The van der Waals surface area contributed by atoms with E-state index in [2.05, 4.69) is 111 Å². The van der Waals surface area contributed by atoms with E-state index in [1.165, 1.54) is 31.0 Å². The number of ether oxygens (including phenoxy) is 3. The van der Waals surface area contributed by atoms with E-state index in [1.54, 1.807) is 6.92 Å². The topological polar surface area (TPSA) is 274 Å². The van der Waals surface area contributed by atoms with Gasteiger partial charge in [-0.05, 0) is 166 Å². The standard InChI is InChI=1S/C11H13F3N4S2.C11H9F3O4.C9H7Br2F3.C9H9F3O2.C4H8O.C2H6O.CH2Cl2.CH4N2S.Al.Br3P.2BrH.Li.H/c12-11(13,14)8-2-1-6(4-19-9(15)16)7(3-8)5-20-10(17)18;1-17-9(15)7-4-3-6(11(12,13)14)5-8(7)10(16)18-2;10-4-6-1-2-8(9(12,13)14)3-7(6)5-11;10-9(11,12)8-2-1-6(4-13)7(3-8)5-14;1-2-4-5-3-1;1-2-3;2-1-3;2-1(3)4;;1-4(2)3;;;;/h1-3H,4-5H2,(H3,15,16)(H3,17,18);3-5H,1-2H3;1-3H,4-5H2;1-3,13-14H,4-5H2;1-4H2;3H,2H2,1H3;1H2;(H4,2,3,4);;;2*1H;;/q;;;;;;;;;;;;+1;-1. The zero-order valence-corrected chi connectivity index (χ0v) is 64.2. The molecule has 0 spiro atoms. The Labute approximate surface area is 618 Å². The number of carbonyl (C=O) groups excluding carboxylic acids is 2. The van der Waals surface area contributed by atoms with Gasteiger partial charge in [0, 0.05) is 59.3 Å². The van der Waals surface area contributed by atoms with Gasteiger partial charge in [-0.3, -0.25) is 10.8 Å².